The third kappa shape index (κ3) is 4.20. The van der Waals surface area contributed by atoms with Crippen LogP contribution in [-0.4, -0.2) is 10.9 Å². The number of amides is 1. The summed E-state index contributed by atoms with van der Waals surface area (Å²) in [5, 5.41) is 3.62. The quantitative estimate of drug-likeness (QED) is 0.828. The molecular weight excluding hydrogens is 351 g/mol. The molecule has 0 unspecified atom stereocenters. The van der Waals surface area contributed by atoms with Crippen LogP contribution < -0.4 is 5.32 Å². The van der Waals surface area contributed by atoms with E-state index in [9.17, 15) is 4.79 Å². The monoisotopic (exact) mass is 358 g/mol. The Balaban J connectivity index is 2.05. The summed E-state index contributed by atoms with van der Waals surface area (Å²) in [6, 6.07) is 8.82. The number of benzene rings is 1. The molecule has 1 aromatic heterocycles. The Morgan fingerprint density at radius 2 is 1.95 bits per heavy atom. The van der Waals surface area contributed by atoms with Crippen LogP contribution in [-0.2, 0) is 11.2 Å². The molecule has 1 amide bonds. The normalized spacial score (nSPS) is 10.3. The number of halogens is 3. The van der Waals surface area contributed by atoms with Crippen LogP contribution in [0.15, 0.2) is 41.0 Å². The third-order valence-electron chi connectivity index (χ3n) is 2.36. The maximum atomic E-state index is 11.9. The van der Waals surface area contributed by atoms with Gasteiger partial charge in [-0.3, -0.25) is 4.79 Å². The van der Waals surface area contributed by atoms with Gasteiger partial charge in [-0.25, -0.2) is 4.98 Å². The SMILES string of the molecule is O=C(Cc1ccc(Cl)cc1)Nc1cc(Br)cnc1Cl. The molecule has 0 fully saturated rings. The van der Waals surface area contributed by atoms with Gasteiger partial charge in [0.1, 0.15) is 0 Å². The lowest BCUT2D eigenvalue weighted by Gasteiger charge is -2.07. The van der Waals surface area contributed by atoms with Crippen molar-refractivity contribution in [2.24, 2.45) is 0 Å². The molecule has 0 radical (unpaired) electrons. The zero-order valence-electron chi connectivity index (χ0n) is 9.66. The van der Waals surface area contributed by atoms with Gasteiger partial charge < -0.3 is 5.32 Å². The number of rotatable bonds is 3. The summed E-state index contributed by atoms with van der Waals surface area (Å²) in [5.74, 6) is -0.163. The van der Waals surface area contributed by atoms with Crippen molar-refractivity contribution < 1.29 is 4.79 Å². The van der Waals surface area contributed by atoms with E-state index in [4.69, 9.17) is 23.2 Å². The zero-order chi connectivity index (χ0) is 13.8. The fraction of sp³-hybridized carbons (Fsp3) is 0.0769. The van der Waals surface area contributed by atoms with Crippen molar-refractivity contribution in [2.45, 2.75) is 6.42 Å². The number of pyridine rings is 1. The molecule has 3 nitrogen and oxygen atoms in total. The van der Waals surface area contributed by atoms with Gasteiger partial charge in [0.15, 0.2) is 5.15 Å². The molecule has 1 heterocycles. The van der Waals surface area contributed by atoms with Gasteiger partial charge in [0.2, 0.25) is 5.91 Å². The lowest BCUT2D eigenvalue weighted by Crippen LogP contribution is -2.14. The lowest BCUT2D eigenvalue weighted by molar-refractivity contribution is -0.115. The van der Waals surface area contributed by atoms with Crippen molar-refractivity contribution in [3.63, 3.8) is 0 Å². The second-order valence-electron chi connectivity index (χ2n) is 3.84. The number of anilines is 1. The number of hydrogen-bond acceptors (Lipinski definition) is 2. The van der Waals surface area contributed by atoms with Crippen LogP contribution in [0.25, 0.3) is 0 Å². The highest BCUT2D eigenvalue weighted by Crippen LogP contribution is 2.23. The maximum Gasteiger partial charge on any atom is 0.228 e. The average Bonchev–Trinajstić information content (AvgIpc) is 2.37. The fourth-order valence-corrected chi connectivity index (χ4v) is 2.10. The van der Waals surface area contributed by atoms with Crippen LogP contribution in [0, 0.1) is 0 Å². The molecule has 0 spiro atoms. The minimum atomic E-state index is -0.163. The minimum Gasteiger partial charge on any atom is -0.323 e. The second-order valence-corrected chi connectivity index (χ2v) is 5.55. The van der Waals surface area contributed by atoms with Crippen molar-refractivity contribution in [1.29, 1.82) is 0 Å². The molecular formula is C13H9BrCl2N2O. The van der Waals surface area contributed by atoms with E-state index >= 15 is 0 Å². The lowest BCUT2D eigenvalue weighted by atomic mass is 10.1. The molecule has 0 aliphatic heterocycles. The first-order valence-electron chi connectivity index (χ1n) is 5.40. The number of nitrogens with zero attached hydrogens (tertiary/aromatic N) is 1. The van der Waals surface area contributed by atoms with Gasteiger partial charge in [-0.1, -0.05) is 35.3 Å². The van der Waals surface area contributed by atoms with E-state index in [1.807, 2.05) is 12.1 Å². The van der Waals surface area contributed by atoms with Crippen LogP contribution in [0.3, 0.4) is 0 Å². The molecule has 98 valence electrons. The molecule has 1 aromatic carbocycles. The maximum absolute atomic E-state index is 11.9. The Labute approximate surface area is 129 Å². The summed E-state index contributed by atoms with van der Waals surface area (Å²) in [7, 11) is 0. The van der Waals surface area contributed by atoms with E-state index in [-0.39, 0.29) is 17.5 Å². The smallest absolute Gasteiger partial charge is 0.228 e. The van der Waals surface area contributed by atoms with Crippen LogP contribution in [0.4, 0.5) is 5.69 Å². The Morgan fingerprint density at radius 1 is 1.26 bits per heavy atom. The molecule has 0 saturated carbocycles. The number of carbonyl (C=O) groups excluding carboxylic acids is 1. The first kappa shape index (κ1) is 14.3. The van der Waals surface area contributed by atoms with Crippen LogP contribution in [0.1, 0.15) is 5.56 Å². The Morgan fingerprint density at radius 3 is 2.63 bits per heavy atom. The summed E-state index contributed by atoms with van der Waals surface area (Å²) >= 11 is 15.0. The number of carbonyl (C=O) groups is 1. The summed E-state index contributed by atoms with van der Waals surface area (Å²) in [4.78, 5) is 15.8. The van der Waals surface area contributed by atoms with E-state index in [2.05, 4.69) is 26.2 Å². The predicted octanol–water partition coefficient (Wildman–Crippen LogP) is 4.33. The highest BCUT2D eigenvalue weighted by molar-refractivity contribution is 9.10. The minimum absolute atomic E-state index is 0.163. The number of hydrogen-bond donors (Lipinski definition) is 1. The highest BCUT2D eigenvalue weighted by atomic mass is 79.9. The summed E-state index contributed by atoms with van der Waals surface area (Å²) in [6.07, 6.45) is 1.82. The largest absolute Gasteiger partial charge is 0.323 e. The van der Waals surface area contributed by atoms with Crippen LogP contribution in [0.5, 0.6) is 0 Å². The molecule has 0 bridgehead atoms. The Bertz CT molecular complexity index is 602. The van der Waals surface area contributed by atoms with Crippen molar-refractivity contribution in [2.75, 3.05) is 5.32 Å². The number of aromatic nitrogens is 1. The molecule has 2 aromatic rings. The van der Waals surface area contributed by atoms with Crippen molar-refractivity contribution >= 4 is 50.7 Å². The van der Waals surface area contributed by atoms with Crippen LogP contribution >= 0.6 is 39.1 Å². The first-order valence-corrected chi connectivity index (χ1v) is 6.95. The first-order chi connectivity index (χ1) is 9.04. The molecule has 6 heteroatoms. The average molecular weight is 360 g/mol. The summed E-state index contributed by atoms with van der Waals surface area (Å²) in [5.41, 5.74) is 1.36. The zero-order valence-corrected chi connectivity index (χ0v) is 12.8. The molecule has 2 rings (SSSR count). The number of nitrogens with one attached hydrogen (secondary N) is 1. The molecule has 0 saturated heterocycles. The molecule has 19 heavy (non-hydrogen) atoms. The van der Waals surface area contributed by atoms with Gasteiger partial charge in [-0.2, -0.15) is 0 Å². The summed E-state index contributed by atoms with van der Waals surface area (Å²) < 4.78 is 0.749. The van der Waals surface area contributed by atoms with Gasteiger partial charge in [-0.05, 0) is 39.7 Å². The van der Waals surface area contributed by atoms with E-state index in [0.717, 1.165) is 10.0 Å². The van der Waals surface area contributed by atoms with Gasteiger partial charge >= 0.3 is 0 Å². The van der Waals surface area contributed by atoms with Gasteiger partial charge in [0, 0.05) is 15.7 Å². The second kappa shape index (κ2) is 6.37. The third-order valence-corrected chi connectivity index (χ3v) is 3.34. The van der Waals surface area contributed by atoms with Crippen molar-refractivity contribution in [3.8, 4) is 0 Å². The van der Waals surface area contributed by atoms with Gasteiger partial charge in [-0.15, -0.1) is 0 Å². The van der Waals surface area contributed by atoms with Crippen molar-refractivity contribution in [3.05, 3.63) is 56.7 Å². The predicted molar refractivity (Wildman–Crippen MR) is 80.7 cm³/mol. The van der Waals surface area contributed by atoms with E-state index < -0.39 is 0 Å². The topological polar surface area (TPSA) is 42.0 Å². The Hall–Kier alpha value is -1.10. The standard InChI is InChI=1S/C13H9BrCl2N2O/c14-9-6-11(13(16)17-7-9)18-12(19)5-8-1-3-10(15)4-2-8/h1-4,6-7H,5H2,(H,18,19). The summed E-state index contributed by atoms with van der Waals surface area (Å²) in [6.45, 7) is 0. The van der Waals surface area contributed by atoms with Crippen LogP contribution in [0.2, 0.25) is 10.2 Å². The van der Waals surface area contributed by atoms with E-state index in [1.165, 1.54) is 0 Å². The van der Waals surface area contributed by atoms with Gasteiger partial charge in [0.25, 0.3) is 0 Å². The van der Waals surface area contributed by atoms with Crippen molar-refractivity contribution in [1.82, 2.24) is 4.98 Å². The van der Waals surface area contributed by atoms with Gasteiger partial charge in [0.05, 0.1) is 12.1 Å². The molecule has 0 aliphatic carbocycles. The highest BCUT2D eigenvalue weighted by Gasteiger charge is 2.08. The fourth-order valence-electron chi connectivity index (χ4n) is 1.49. The molecule has 0 atom stereocenters. The van der Waals surface area contributed by atoms with E-state index in [1.54, 1.807) is 24.4 Å². The molecule has 0 aliphatic rings. The molecule has 1 N–H and O–H groups in total. The Kier molecular flexibility index (Phi) is 4.80. The van der Waals surface area contributed by atoms with E-state index in [0.29, 0.717) is 10.7 Å².